The van der Waals surface area contributed by atoms with Gasteiger partial charge in [-0.2, -0.15) is 0 Å². The number of anilines is 2. The molecule has 5 rings (SSSR count). The van der Waals surface area contributed by atoms with Gasteiger partial charge in [0.2, 0.25) is 5.91 Å². The van der Waals surface area contributed by atoms with Gasteiger partial charge in [-0.05, 0) is 67.5 Å². The number of carbonyl (C=O) groups is 2. The van der Waals surface area contributed by atoms with Gasteiger partial charge in [0, 0.05) is 43.7 Å². The maximum absolute atomic E-state index is 15.2. The third-order valence-electron chi connectivity index (χ3n) is 8.53. The van der Waals surface area contributed by atoms with Crippen molar-refractivity contribution in [1.29, 1.82) is 0 Å². The van der Waals surface area contributed by atoms with E-state index in [0.717, 1.165) is 23.4 Å². The van der Waals surface area contributed by atoms with Crippen molar-refractivity contribution in [3.05, 3.63) is 58.9 Å². The molecule has 3 unspecified atom stereocenters. The Kier molecular flexibility index (Phi) is 8.82. The van der Waals surface area contributed by atoms with Crippen LogP contribution < -0.4 is 10.6 Å². The van der Waals surface area contributed by atoms with E-state index in [2.05, 4.69) is 10.2 Å². The van der Waals surface area contributed by atoms with Gasteiger partial charge < -0.3 is 25.4 Å². The maximum Gasteiger partial charge on any atom is 0.410 e. The summed E-state index contributed by atoms with van der Waals surface area (Å²) in [4.78, 5) is 32.4. The summed E-state index contributed by atoms with van der Waals surface area (Å²) in [6, 6.07) is 3.26. The van der Waals surface area contributed by atoms with Crippen LogP contribution in [0.3, 0.4) is 0 Å². The largest absolute Gasteiger partial charge is 0.508 e. The topological polar surface area (TPSA) is 125 Å². The number of methoxy groups -OCH3 is 1. The molecule has 3 heterocycles. The number of nitrogen functional groups attached to an aromatic ring is 1. The van der Waals surface area contributed by atoms with Crippen LogP contribution in [0.4, 0.5) is 20.8 Å². The van der Waals surface area contributed by atoms with E-state index in [1.165, 1.54) is 19.3 Å². The lowest BCUT2D eigenvalue weighted by molar-refractivity contribution is -0.137. The fraction of sp³-hybridized carbons (Fsp3) is 0.517. The van der Waals surface area contributed by atoms with Crippen LogP contribution in [0.25, 0.3) is 0 Å². The first-order valence-electron chi connectivity index (χ1n) is 14.0. The molecule has 1 aromatic rings. The molecule has 4 aliphatic rings. The van der Waals surface area contributed by atoms with Gasteiger partial charge in [-0.1, -0.05) is 23.8 Å². The molecule has 2 fully saturated rings. The summed E-state index contributed by atoms with van der Waals surface area (Å²) < 4.78 is 20.3. The van der Waals surface area contributed by atoms with Gasteiger partial charge in [0.1, 0.15) is 17.7 Å². The Morgan fingerprint density at radius 3 is 2.66 bits per heavy atom. The minimum absolute atomic E-state index is 0.0878. The van der Waals surface area contributed by atoms with Crippen LogP contribution in [0.15, 0.2) is 58.9 Å². The Morgan fingerprint density at radius 2 is 1.98 bits per heavy atom. The number of hydrogen-bond donors (Lipinski definition) is 2. The first kappa shape index (κ1) is 28.9. The molecule has 10 nitrogen and oxygen atoms in total. The number of carbonyl (C=O) groups excluding carboxylic acids is 2. The summed E-state index contributed by atoms with van der Waals surface area (Å²) in [6.07, 6.45) is 9.22. The molecule has 2 aliphatic heterocycles. The standard InChI is InChI=1S/C29H36ClFN6O4/c1-41-29(40)37-14-13-35(12-2-3-25(37)18-4-6-19(30)7-5-18)28(39)23-17-36(27-11-10-26(32)33-34-27)16-22(23)21-9-8-20(38)15-24(21)31/h4,6,8-11,15,21-25,38H,2-3,5,7,12-14,16-17H2,1H3,(H2,32,33)/t21?,22-,23?,24?,25-/m0/s1. The Bertz CT molecular complexity index is 1270. The molecule has 0 spiro atoms. The van der Waals surface area contributed by atoms with Gasteiger partial charge in [-0.15, -0.1) is 10.2 Å². The predicted molar refractivity (Wildman–Crippen MR) is 154 cm³/mol. The number of aliphatic hydroxyl groups is 1. The summed E-state index contributed by atoms with van der Waals surface area (Å²) >= 11 is 6.17. The first-order chi connectivity index (χ1) is 19.7. The van der Waals surface area contributed by atoms with Crippen molar-refractivity contribution in [2.75, 3.05) is 50.5 Å². The molecule has 220 valence electrons. The molecule has 2 aliphatic carbocycles. The molecule has 3 N–H and O–H groups in total. The smallest absolute Gasteiger partial charge is 0.410 e. The molecule has 0 radical (unpaired) electrons. The summed E-state index contributed by atoms with van der Waals surface area (Å²) in [5.41, 5.74) is 6.85. The zero-order valence-electron chi connectivity index (χ0n) is 23.0. The Labute approximate surface area is 243 Å². The van der Waals surface area contributed by atoms with Gasteiger partial charge in [-0.25, -0.2) is 9.18 Å². The zero-order chi connectivity index (χ0) is 29.1. The molecule has 2 amide bonds. The first-order valence-corrected chi connectivity index (χ1v) is 14.4. The highest BCUT2D eigenvalue weighted by Gasteiger charge is 2.46. The average molecular weight is 587 g/mol. The third-order valence-corrected chi connectivity index (χ3v) is 8.85. The van der Waals surface area contributed by atoms with E-state index in [9.17, 15) is 14.7 Å². The molecule has 0 aromatic carbocycles. The number of rotatable bonds is 4. The molecule has 0 saturated carbocycles. The maximum atomic E-state index is 15.2. The van der Waals surface area contributed by atoms with Crippen LogP contribution in [-0.4, -0.2) is 89.2 Å². The van der Waals surface area contributed by atoms with Crippen molar-refractivity contribution in [2.24, 2.45) is 17.8 Å². The van der Waals surface area contributed by atoms with Crippen molar-refractivity contribution in [3.8, 4) is 0 Å². The SMILES string of the molecule is COC(=O)N1CCN(C(=O)C2CN(c3ccc(N)nn3)C[C@H]2C2C=CC(O)=CC2F)CCC[C@H]1C1=CC=C(Cl)CC1. The van der Waals surface area contributed by atoms with Crippen molar-refractivity contribution >= 4 is 35.2 Å². The minimum Gasteiger partial charge on any atom is -0.508 e. The van der Waals surface area contributed by atoms with E-state index in [-0.39, 0.29) is 29.4 Å². The van der Waals surface area contributed by atoms with Crippen LogP contribution in [0, 0.1) is 17.8 Å². The number of amides is 2. The second-order valence-electron chi connectivity index (χ2n) is 11.0. The fourth-order valence-electron chi connectivity index (χ4n) is 6.41. The van der Waals surface area contributed by atoms with E-state index < -0.39 is 24.1 Å². The summed E-state index contributed by atoms with van der Waals surface area (Å²) in [7, 11) is 1.36. The van der Waals surface area contributed by atoms with E-state index >= 15 is 4.39 Å². The van der Waals surface area contributed by atoms with Crippen LogP contribution >= 0.6 is 11.6 Å². The van der Waals surface area contributed by atoms with Gasteiger partial charge in [0.05, 0.1) is 19.1 Å². The van der Waals surface area contributed by atoms with Gasteiger partial charge in [0.25, 0.3) is 0 Å². The van der Waals surface area contributed by atoms with E-state index in [0.29, 0.717) is 51.4 Å². The second kappa shape index (κ2) is 12.5. The number of alkyl halides is 1. The van der Waals surface area contributed by atoms with E-state index in [4.69, 9.17) is 22.1 Å². The average Bonchev–Trinajstić information content (AvgIpc) is 3.38. The lowest BCUT2D eigenvalue weighted by atomic mass is 9.78. The molecule has 12 heteroatoms. The fourth-order valence-corrected chi connectivity index (χ4v) is 6.56. The molecule has 41 heavy (non-hydrogen) atoms. The Hall–Kier alpha value is -3.60. The number of nitrogens with two attached hydrogens (primary N) is 1. The highest BCUT2D eigenvalue weighted by atomic mass is 35.5. The summed E-state index contributed by atoms with van der Waals surface area (Å²) in [6.45, 7) is 1.91. The monoisotopic (exact) mass is 586 g/mol. The van der Waals surface area contributed by atoms with E-state index in [1.54, 1.807) is 28.0 Å². The van der Waals surface area contributed by atoms with Gasteiger partial charge in [-0.3, -0.25) is 9.69 Å². The zero-order valence-corrected chi connectivity index (χ0v) is 23.8. The highest BCUT2D eigenvalue weighted by Crippen LogP contribution is 2.39. The molecule has 1 aromatic heterocycles. The molecular formula is C29H36ClFN6O4. The Balaban J connectivity index is 1.36. The third kappa shape index (κ3) is 6.34. The van der Waals surface area contributed by atoms with Crippen molar-refractivity contribution < 1.29 is 23.8 Å². The second-order valence-corrected chi connectivity index (χ2v) is 11.5. The van der Waals surface area contributed by atoms with Crippen molar-refractivity contribution in [3.63, 3.8) is 0 Å². The van der Waals surface area contributed by atoms with Gasteiger partial charge in [0.15, 0.2) is 5.82 Å². The number of hydrogen-bond acceptors (Lipinski definition) is 8. The molecule has 0 bridgehead atoms. The molecule has 5 atom stereocenters. The van der Waals surface area contributed by atoms with Crippen LogP contribution in [0.2, 0.25) is 0 Å². The number of ether oxygens (including phenoxy) is 1. The highest BCUT2D eigenvalue weighted by molar-refractivity contribution is 6.29. The van der Waals surface area contributed by atoms with Crippen molar-refractivity contribution in [1.82, 2.24) is 20.0 Å². The van der Waals surface area contributed by atoms with Crippen LogP contribution in [-0.2, 0) is 9.53 Å². The summed E-state index contributed by atoms with van der Waals surface area (Å²) in [5.74, 6) is -0.833. The van der Waals surface area contributed by atoms with Crippen LogP contribution in [0.1, 0.15) is 25.7 Å². The number of aliphatic hydroxyl groups excluding tert-OH is 1. The Morgan fingerprint density at radius 1 is 1.15 bits per heavy atom. The quantitative estimate of drug-likeness (QED) is 0.543. The number of allylic oxidation sites excluding steroid dienone is 6. The normalized spacial score (nSPS) is 28.8. The number of aromatic nitrogens is 2. The predicted octanol–water partition coefficient (Wildman–Crippen LogP) is 3.98. The minimum atomic E-state index is -1.42. The number of nitrogens with zero attached hydrogens (tertiary/aromatic N) is 5. The van der Waals surface area contributed by atoms with E-state index in [1.807, 2.05) is 17.1 Å². The summed E-state index contributed by atoms with van der Waals surface area (Å²) in [5, 5.41) is 18.7. The number of halogens is 2. The molecular weight excluding hydrogens is 551 g/mol. The van der Waals surface area contributed by atoms with Crippen molar-refractivity contribution in [2.45, 2.75) is 37.9 Å². The lowest BCUT2D eigenvalue weighted by Crippen LogP contribution is -2.51. The van der Waals surface area contributed by atoms with Crippen LogP contribution in [0.5, 0.6) is 0 Å². The lowest BCUT2D eigenvalue weighted by Gasteiger charge is -2.39. The molecule has 2 saturated heterocycles. The van der Waals surface area contributed by atoms with Gasteiger partial charge >= 0.3 is 6.09 Å².